The summed E-state index contributed by atoms with van der Waals surface area (Å²) in [6.07, 6.45) is 1.77. The van der Waals surface area contributed by atoms with Gasteiger partial charge in [-0.15, -0.1) is 11.3 Å². The molecule has 0 radical (unpaired) electrons. The number of halogens is 1. The predicted molar refractivity (Wildman–Crippen MR) is 112 cm³/mol. The highest BCUT2D eigenvalue weighted by molar-refractivity contribution is 7.09. The van der Waals surface area contributed by atoms with Gasteiger partial charge in [-0.05, 0) is 42.2 Å². The monoisotopic (exact) mass is 399 g/mol. The molecule has 27 heavy (non-hydrogen) atoms. The normalized spacial score (nSPS) is 11.9. The molecule has 4 nitrogen and oxygen atoms in total. The van der Waals surface area contributed by atoms with E-state index in [-0.39, 0.29) is 18.4 Å². The van der Waals surface area contributed by atoms with Gasteiger partial charge in [0.2, 0.25) is 5.91 Å². The maximum Gasteiger partial charge on any atom is 0.225 e. The van der Waals surface area contributed by atoms with Gasteiger partial charge in [0.05, 0.1) is 18.2 Å². The zero-order chi connectivity index (χ0) is 19.2. The van der Waals surface area contributed by atoms with E-state index >= 15 is 0 Å². The highest BCUT2D eigenvalue weighted by Crippen LogP contribution is 2.24. The summed E-state index contributed by atoms with van der Waals surface area (Å²) in [4.78, 5) is 17.3. The standard InChI is InChI=1S/C21H22ClN3OS/c1-2-17-13-27-21(24-17)19(11-14-7-9-16(23)10-8-14)25-20(26)12-15-5-3-4-6-18(15)22/h3-10,13,19H,2,11-12,23H2,1H3,(H,25,26). The van der Waals surface area contributed by atoms with Gasteiger partial charge in [-0.3, -0.25) is 4.79 Å². The van der Waals surface area contributed by atoms with Crippen molar-refractivity contribution in [3.63, 3.8) is 0 Å². The van der Waals surface area contributed by atoms with Crippen LogP contribution < -0.4 is 11.1 Å². The van der Waals surface area contributed by atoms with Crippen molar-refractivity contribution < 1.29 is 4.79 Å². The summed E-state index contributed by atoms with van der Waals surface area (Å²) >= 11 is 7.77. The molecule has 0 aliphatic carbocycles. The third kappa shape index (κ3) is 5.31. The van der Waals surface area contributed by atoms with Crippen LogP contribution in [0.2, 0.25) is 5.02 Å². The Hall–Kier alpha value is -2.37. The molecule has 0 fully saturated rings. The minimum absolute atomic E-state index is 0.0724. The molecular formula is C21H22ClN3OS. The number of nitrogen functional groups attached to an aromatic ring is 1. The molecule has 3 rings (SSSR count). The van der Waals surface area contributed by atoms with E-state index in [1.807, 2.05) is 47.8 Å². The molecule has 3 aromatic rings. The number of benzene rings is 2. The number of nitrogens with two attached hydrogens (primary N) is 1. The lowest BCUT2D eigenvalue weighted by atomic mass is 10.0. The van der Waals surface area contributed by atoms with Gasteiger partial charge in [-0.25, -0.2) is 4.98 Å². The molecule has 0 aliphatic rings. The lowest BCUT2D eigenvalue weighted by Crippen LogP contribution is -2.31. The minimum Gasteiger partial charge on any atom is -0.399 e. The summed E-state index contributed by atoms with van der Waals surface area (Å²) in [5, 5.41) is 6.69. The molecule has 0 saturated heterocycles. The number of hydrogen-bond acceptors (Lipinski definition) is 4. The average molecular weight is 400 g/mol. The molecular weight excluding hydrogens is 378 g/mol. The Morgan fingerprint density at radius 1 is 1.22 bits per heavy atom. The largest absolute Gasteiger partial charge is 0.399 e. The fraction of sp³-hybridized carbons (Fsp3) is 0.238. The van der Waals surface area contributed by atoms with Crippen LogP contribution in [0.1, 0.15) is 34.8 Å². The van der Waals surface area contributed by atoms with E-state index in [4.69, 9.17) is 17.3 Å². The third-order valence-electron chi connectivity index (χ3n) is 4.29. The van der Waals surface area contributed by atoms with Crippen molar-refractivity contribution in [2.24, 2.45) is 0 Å². The summed E-state index contributed by atoms with van der Waals surface area (Å²) in [6.45, 7) is 2.07. The van der Waals surface area contributed by atoms with Crippen LogP contribution in [0.4, 0.5) is 5.69 Å². The van der Waals surface area contributed by atoms with Crippen LogP contribution >= 0.6 is 22.9 Å². The van der Waals surface area contributed by atoms with Crippen molar-refractivity contribution in [3.8, 4) is 0 Å². The van der Waals surface area contributed by atoms with Crippen LogP contribution in [-0.4, -0.2) is 10.9 Å². The van der Waals surface area contributed by atoms with Gasteiger partial charge in [-0.2, -0.15) is 0 Å². The highest BCUT2D eigenvalue weighted by Gasteiger charge is 2.19. The fourth-order valence-corrected chi connectivity index (χ4v) is 3.95. The second kappa shape index (κ2) is 9.02. The Morgan fingerprint density at radius 3 is 2.63 bits per heavy atom. The van der Waals surface area contributed by atoms with Crippen LogP contribution in [0.25, 0.3) is 0 Å². The molecule has 1 heterocycles. The minimum atomic E-state index is -0.186. The SMILES string of the molecule is CCc1csc(C(Cc2ccc(N)cc2)NC(=O)Cc2ccccc2Cl)n1. The first-order chi connectivity index (χ1) is 13.0. The van der Waals surface area contributed by atoms with Gasteiger partial charge in [0, 0.05) is 16.1 Å². The van der Waals surface area contributed by atoms with Gasteiger partial charge in [0.1, 0.15) is 5.01 Å². The number of rotatable bonds is 7. The molecule has 140 valence electrons. The maximum absolute atomic E-state index is 12.7. The maximum atomic E-state index is 12.7. The first kappa shape index (κ1) is 19.4. The van der Waals surface area contributed by atoms with E-state index in [1.165, 1.54) is 0 Å². The number of carbonyl (C=O) groups is 1. The molecule has 1 unspecified atom stereocenters. The summed E-state index contributed by atoms with van der Waals surface area (Å²) in [5.41, 5.74) is 9.45. The van der Waals surface area contributed by atoms with Gasteiger partial charge >= 0.3 is 0 Å². The number of nitrogens with one attached hydrogen (secondary N) is 1. The number of nitrogens with zero attached hydrogens (tertiary/aromatic N) is 1. The van der Waals surface area contributed by atoms with E-state index in [2.05, 4.69) is 17.2 Å². The van der Waals surface area contributed by atoms with Crippen LogP contribution in [-0.2, 0) is 24.1 Å². The Kier molecular flexibility index (Phi) is 6.48. The number of thiazole rings is 1. The average Bonchev–Trinajstić information content (AvgIpc) is 3.14. The Labute approximate surface area is 168 Å². The third-order valence-corrected chi connectivity index (χ3v) is 5.67. The van der Waals surface area contributed by atoms with E-state index in [9.17, 15) is 4.79 Å². The van der Waals surface area contributed by atoms with Crippen molar-refractivity contribution in [2.45, 2.75) is 32.2 Å². The second-order valence-corrected chi connectivity index (χ2v) is 7.66. The Balaban J connectivity index is 1.77. The molecule has 0 saturated carbocycles. The number of aryl methyl sites for hydroxylation is 1. The van der Waals surface area contributed by atoms with Crippen molar-refractivity contribution in [1.82, 2.24) is 10.3 Å². The van der Waals surface area contributed by atoms with E-state index in [0.29, 0.717) is 11.4 Å². The fourth-order valence-electron chi connectivity index (χ4n) is 2.79. The van der Waals surface area contributed by atoms with Crippen LogP contribution in [0.15, 0.2) is 53.9 Å². The van der Waals surface area contributed by atoms with Gasteiger partial charge in [-0.1, -0.05) is 48.9 Å². The van der Waals surface area contributed by atoms with Crippen molar-refractivity contribution in [2.75, 3.05) is 5.73 Å². The van der Waals surface area contributed by atoms with Gasteiger partial charge < -0.3 is 11.1 Å². The molecule has 3 N–H and O–H groups in total. The zero-order valence-electron chi connectivity index (χ0n) is 15.1. The topological polar surface area (TPSA) is 68.0 Å². The Bertz CT molecular complexity index is 908. The number of anilines is 1. The molecule has 1 atom stereocenters. The number of hydrogen-bond donors (Lipinski definition) is 2. The van der Waals surface area contributed by atoms with Gasteiger partial charge in [0.25, 0.3) is 0 Å². The molecule has 6 heteroatoms. The quantitative estimate of drug-likeness (QED) is 0.571. The molecule has 1 amide bonds. The van der Waals surface area contributed by atoms with Crippen LogP contribution in [0.5, 0.6) is 0 Å². The van der Waals surface area contributed by atoms with Crippen molar-refractivity contribution >= 4 is 34.5 Å². The van der Waals surface area contributed by atoms with Crippen LogP contribution in [0, 0.1) is 0 Å². The first-order valence-electron chi connectivity index (χ1n) is 8.86. The van der Waals surface area contributed by atoms with Crippen LogP contribution in [0.3, 0.4) is 0 Å². The smallest absolute Gasteiger partial charge is 0.225 e. The van der Waals surface area contributed by atoms with Crippen molar-refractivity contribution in [1.29, 1.82) is 0 Å². The number of aromatic nitrogens is 1. The summed E-state index contributed by atoms with van der Waals surface area (Å²) in [6, 6.07) is 14.9. The summed E-state index contributed by atoms with van der Waals surface area (Å²) < 4.78 is 0. The summed E-state index contributed by atoms with van der Waals surface area (Å²) in [5.74, 6) is -0.0724. The Morgan fingerprint density at radius 2 is 1.96 bits per heavy atom. The lowest BCUT2D eigenvalue weighted by molar-refractivity contribution is -0.121. The number of carbonyl (C=O) groups excluding carboxylic acids is 1. The zero-order valence-corrected chi connectivity index (χ0v) is 16.7. The summed E-state index contributed by atoms with van der Waals surface area (Å²) in [7, 11) is 0. The highest BCUT2D eigenvalue weighted by atomic mass is 35.5. The van der Waals surface area contributed by atoms with Gasteiger partial charge in [0.15, 0.2) is 0 Å². The number of amides is 1. The van der Waals surface area contributed by atoms with Crippen molar-refractivity contribution in [3.05, 3.63) is 80.8 Å². The molecule has 1 aromatic heterocycles. The predicted octanol–water partition coefficient (Wildman–Crippen LogP) is 4.58. The second-order valence-electron chi connectivity index (χ2n) is 6.36. The van der Waals surface area contributed by atoms with E-state index in [0.717, 1.165) is 33.9 Å². The van der Waals surface area contributed by atoms with E-state index in [1.54, 1.807) is 17.4 Å². The lowest BCUT2D eigenvalue weighted by Gasteiger charge is -2.17. The molecule has 0 spiro atoms. The first-order valence-corrected chi connectivity index (χ1v) is 10.1. The van der Waals surface area contributed by atoms with E-state index < -0.39 is 0 Å². The molecule has 0 bridgehead atoms. The molecule has 2 aromatic carbocycles. The molecule has 0 aliphatic heterocycles.